The molecule has 1 aromatic rings. The minimum atomic E-state index is -0.810. The van der Waals surface area contributed by atoms with Crippen LogP contribution in [-0.4, -0.2) is 31.5 Å². The van der Waals surface area contributed by atoms with Crippen LogP contribution in [0.25, 0.3) is 0 Å². The fourth-order valence-electron chi connectivity index (χ4n) is 0.849. The van der Waals surface area contributed by atoms with Gasteiger partial charge in [-0.25, -0.2) is 0 Å². The van der Waals surface area contributed by atoms with E-state index in [9.17, 15) is 4.79 Å². The number of hydrogen-bond acceptors (Lipinski definition) is 2. The summed E-state index contributed by atoms with van der Waals surface area (Å²) >= 11 is -0.810. The average Bonchev–Trinajstić information content (AvgIpc) is 2.16. The molecule has 0 atom stereocenters. The molecule has 0 aliphatic carbocycles. The minimum absolute atomic E-state index is 0.0182. The van der Waals surface area contributed by atoms with Gasteiger partial charge in [0.1, 0.15) is 0 Å². The molecule has 14 heavy (non-hydrogen) atoms. The van der Waals surface area contributed by atoms with Crippen LogP contribution in [0.1, 0.15) is 13.8 Å². The van der Waals surface area contributed by atoms with E-state index in [0.717, 1.165) is 3.61 Å². The molecule has 1 aromatic carbocycles. The Hall–Kier alpha value is -0.520. The molecule has 0 aromatic heterocycles. The molecule has 2 nitrogen and oxygen atoms in total. The van der Waals surface area contributed by atoms with Crippen molar-refractivity contribution < 1.29 is 9.53 Å². The zero-order valence-corrected chi connectivity index (χ0v) is 10.7. The van der Waals surface area contributed by atoms with Gasteiger partial charge in [-0.15, -0.1) is 0 Å². The third-order valence-electron chi connectivity index (χ3n) is 1.48. The Morgan fingerprint density at radius 3 is 2.57 bits per heavy atom. The molecular formula is C11H14O2Te. The number of ether oxygens (including phenoxy) is 1. The topological polar surface area (TPSA) is 26.3 Å². The summed E-state index contributed by atoms with van der Waals surface area (Å²) < 4.78 is 6.24. The fraction of sp³-hybridized carbons (Fsp3) is 0.364. The third-order valence-corrected chi connectivity index (χ3v) is 3.74. The first-order chi connectivity index (χ1) is 6.68. The quantitative estimate of drug-likeness (QED) is 0.793. The van der Waals surface area contributed by atoms with Gasteiger partial charge < -0.3 is 0 Å². The molecule has 76 valence electrons. The van der Waals surface area contributed by atoms with Crippen molar-refractivity contribution in [3.05, 3.63) is 30.3 Å². The summed E-state index contributed by atoms with van der Waals surface area (Å²) in [6.07, 6.45) is 0. The Balaban J connectivity index is 2.35. The van der Waals surface area contributed by atoms with E-state index >= 15 is 0 Å². The van der Waals surface area contributed by atoms with Crippen molar-refractivity contribution in [2.75, 3.05) is 6.61 Å². The Morgan fingerprint density at radius 2 is 2.00 bits per heavy atom. The second-order valence-corrected chi connectivity index (χ2v) is 6.25. The van der Waals surface area contributed by atoms with Gasteiger partial charge in [-0.1, -0.05) is 0 Å². The molecule has 0 spiro atoms. The van der Waals surface area contributed by atoms with Crippen LogP contribution in [0.5, 0.6) is 0 Å². The summed E-state index contributed by atoms with van der Waals surface area (Å²) in [4.78, 5) is 11.4. The average molecular weight is 306 g/mol. The van der Waals surface area contributed by atoms with Crippen molar-refractivity contribution in [2.24, 2.45) is 5.92 Å². The van der Waals surface area contributed by atoms with Gasteiger partial charge in [0.15, 0.2) is 0 Å². The summed E-state index contributed by atoms with van der Waals surface area (Å²) in [7, 11) is 0. The Morgan fingerprint density at radius 1 is 1.36 bits per heavy atom. The summed E-state index contributed by atoms with van der Waals surface area (Å²) in [6, 6.07) is 9.83. The first-order valence-corrected chi connectivity index (χ1v) is 6.91. The molecule has 0 radical (unpaired) electrons. The molecular weight excluding hydrogens is 292 g/mol. The van der Waals surface area contributed by atoms with Crippen LogP contribution < -0.4 is 3.61 Å². The molecule has 0 saturated heterocycles. The maximum atomic E-state index is 11.4. The van der Waals surface area contributed by atoms with E-state index in [0.29, 0.717) is 12.5 Å². The SMILES string of the molecule is CC(C)COC(=O)[Te]c1ccccc1. The normalized spacial score (nSPS) is 10.2. The summed E-state index contributed by atoms with van der Waals surface area (Å²) in [6.45, 7) is 4.61. The Kier molecular flexibility index (Phi) is 5.00. The first-order valence-electron chi connectivity index (χ1n) is 4.58. The third kappa shape index (κ3) is 4.64. The van der Waals surface area contributed by atoms with Crippen molar-refractivity contribution >= 4 is 28.6 Å². The molecule has 0 fully saturated rings. The molecule has 0 amide bonds. The number of rotatable bonds is 4. The predicted molar refractivity (Wildman–Crippen MR) is 58.0 cm³/mol. The zero-order chi connectivity index (χ0) is 10.4. The van der Waals surface area contributed by atoms with E-state index in [4.69, 9.17) is 4.74 Å². The van der Waals surface area contributed by atoms with Crippen molar-refractivity contribution in [2.45, 2.75) is 13.8 Å². The number of carbonyl (C=O) groups is 1. The maximum absolute atomic E-state index is 11.4. The van der Waals surface area contributed by atoms with Gasteiger partial charge in [-0.05, 0) is 0 Å². The van der Waals surface area contributed by atoms with Crippen molar-refractivity contribution in [3.8, 4) is 0 Å². The molecule has 0 heterocycles. The van der Waals surface area contributed by atoms with Crippen LogP contribution >= 0.6 is 0 Å². The van der Waals surface area contributed by atoms with E-state index in [2.05, 4.69) is 0 Å². The standard InChI is InChI=1S/C11H14O2Te/c1-9(2)8-13-11(12)14-10-6-4-3-5-7-10/h3-7,9H,8H2,1-2H3. The van der Waals surface area contributed by atoms with Gasteiger partial charge in [-0.3, -0.25) is 0 Å². The molecule has 0 unspecified atom stereocenters. The Labute approximate surface area is 94.7 Å². The first kappa shape index (κ1) is 11.6. The van der Waals surface area contributed by atoms with Crippen LogP contribution in [-0.2, 0) is 4.74 Å². The van der Waals surface area contributed by atoms with Crippen LogP contribution in [0.15, 0.2) is 30.3 Å². The van der Waals surface area contributed by atoms with Gasteiger partial charge in [0, 0.05) is 0 Å². The fourth-order valence-corrected chi connectivity index (χ4v) is 2.60. The van der Waals surface area contributed by atoms with E-state index in [1.807, 2.05) is 44.2 Å². The summed E-state index contributed by atoms with van der Waals surface area (Å²) in [5, 5.41) is 0. The molecule has 1 rings (SSSR count). The number of benzene rings is 1. The summed E-state index contributed by atoms with van der Waals surface area (Å²) in [5.74, 6) is 0.419. The van der Waals surface area contributed by atoms with Crippen molar-refractivity contribution in [1.82, 2.24) is 0 Å². The van der Waals surface area contributed by atoms with Crippen molar-refractivity contribution in [3.63, 3.8) is 0 Å². The molecule has 0 N–H and O–H groups in total. The Bertz CT molecular complexity index is 283. The monoisotopic (exact) mass is 308 g/mol. The zero-order valence-electron chi connectivity index (χ0n) is 8.40. The molecule has 0 saturated carbocycles. The van der Waals surface area contributed by atoms with E-state index in [1.165, 1.54) is 0 Å². The van der Waals surface area contributed by atoms with E-state index in [1.54, 1.807) is 0 Å². The molecule has 0 bridgehead atoms. The van der Waals surface area contributed by atoms with Crippen LogP contribution in [0.2, 0.25) is 0 Å². The van der Waals surface area contributed by atoms with Crippen LogP contribution in [0.3, 0.4) is 0 Å². The predicted octanol–water partition coefficient (Wildman–Crippen LogP) is 1.81. The molecule has 0 aliphatic rings. The van der Waals surface area contributed by atoms with Crippen molar-refractivity contribution in [1.29, 1.82) is 0 Å². The van der Waals surface area contributed by atoms with Gasteiger partial charge in [0.25, 0.3) is 0 Å². The number of hydrogen-bond donors (Lipinski definition) is 0. The van der Waals surface area contributed by atoms with E-state index < -0.39 is 20.9 Å². The van der Waals surface area contributed by atoms with Gasteiger partial charge in [0.2, 0.25) is 0 Å². The molecule has 3 heteroatoms. The van der Waals surface area contributed by atoms with Gasteiger partial charge >= 0.3 is 94.8 Å². The second-order valence-electron chi connectivity index (χ2n) is 3.37. The molecule has 0 aliphatic heterocycles. The van der Waals surface area contributed by atoms with E-state index in [-0.39, 0.29) is 4.02 Å². The van der Waals surface area contributed by atoms with Crippen LogP contribution in [0.4, 0.5) is 4.79 Å². The number of carbonyl (C=O) groups excluding carboxylic acids is 1. The van der Waals surface area contributed by atoms with Gasteiger partial charge in [-0.2, -0.15) is 0 Å². The van der Waals surface area contributed by atoms with Gasteiger partial charge in [0.05, 0.1) is 0 Å². The van der Waals surface area contributed by atoms with Crippen LogP contribution in [0, 0.1) is 5.92 Å². The second kappa shape index (κ2) is 6.06. The summed E-state index contributed by atoms with van der Waals surface area (Å²) in [5.41, 5.74) is 0.